The van der Waals surface area contributed by atoms with E-state index in [9.17, 15) is 0 Å². The molecule has 0 aromatic heterocycles. The van der Waals surface area contributed by atoms with Crippen molar-refractivity contribution in [1.82, 2.24) is 5.32 Å². The minimum atomic E-state index is 0.776. The number of nitrogens with one attached hydrogen (secondary N) is 1. The zero-order valence-corrected chi connectivity index (χ0v) is 12.4. The minimum absolute atomic E-state index is 0.776. The molecule has 0 unspecified atom stereocenters. The Bertz CT molecular complexity index is 521. The third-order valence-corrected chi connectivity index (χ3v) is 4.33. The summed E-state index contributed by atoms with van der Waals surface area (Å²) in [5, 5.41) is 3.57. The van der Waals surface area contributed by atoms with Gasteiger partial charge < -0.3 is 5.32 Å². The van der Waals surface area contributed by atoms with Crippen molar-refractivity contribution in [2.24, 2.45) is 5.92 Å². The zero-order chi connectivity index (χ0) is 13.1. The predicted molar refractivity (Wildman–Crippen MR) is 83.1 cm³/mol. The molecule has 1 fully saturated rings. The first-order chi connectivity index (χ1) is 9.33. The molecule has 0 spiro atoms. The average molecular weight is 316 g/mol. The normalized spacial score (nSPS) is 21.3. The lowest BCUT2D eigenvalue weighted by molar-refractivity contribution is 0.627. The number of halogens is 1. The fraction of sp³-hybridized carbons (Fsp3) is 0.294. The van der Waals surface area contributed by atoms with E-state index in [1.807, 2.05) is 0 Å². The summed E-state index contributed by atoms with van der Waals surface area (Å²) in [5.41, 5.74) is 2.85. The molecule has 1 N–H and O–H groups in total. The maximum Gasteiger partial charge on any atom is 0.0205 e. The molecule has 2 heteroatoms. The molecule has 98 valence electrons. The van der Waals surface area contributed by atoms with Crippen molar-refractivity contribution in [2.45, 2.75) is 18.9 Å². The third-order valence-electron chi connectivity index (χ3n) is 3.80. The van der Waals surface area contributed by atoms with Gasteiger partial charge in [-0.1, -0.05) is 58.4 Å². The highest BCUT2D eigenvalue weighted by Crippen LogP contribution is 2.46. The monoisotopic (exact) mass is 315 g/mol. The lowest BCUT2D eigenvalue weighted by Gasteiger charge is -2.05. The van der Waals surface area contributed by atoms with Gasteiger partial charge in [-0.25, -0.2) is 0 Å². The van der Waals surface area contributed by atoms with Crippen LogP contribution in [0.1, 0.15) is 23.5 Å². The van der Waals surface area contributed by atoms with Crippen molar-refractivity contribution < 1.29 is 0 Å². The van der Waals surface area contributed by atoms with E-state index in [0.29, 0.717) is 0 Å². The van der Waals surface area contributed by atoms with Crippen LogP contribution in [0.25, 0.3) is 0 Å². The Kier molecular flexibility index (Phi) is 4.00. The summed E-state index contributed by atoms with van der Waals surface area (Å²) in [6, 6.07) is 19.4. The molecule has 0 saturated heterocycles. The smallest absolute Gasteiger partial charge is 0.0205 e. The maximum absolute atomic E-state index is 3.57. The van der Waals surface area contributed by atoms with E-state index in [1.54, 1.807) is 0 Å². The quantitative estimate of drug-likeness (QED) is 0.865. The van der Waals surface area contributed by atoms with Crippen LogP contribution >= 0.6 is 15.9 Å². The Labute approximate surface area is 123 Å². The standard InChI is InChI=1S/C17H18BrN/c18-16-8-6-13(7-9-16)11-19-12-15-10-17(15)14-4-2-1-3-5-14/h1-9,15,17,19H,10-12H2/t15-,17-/m1/s1. The van der Waals surface area contributed by atoms with Crippen LogP contribution in [0.3, 0.4) is 0 Å². The van der Waals surface area contributed by atoms with Gasteiger partial charge in [-0.3, -0.25) is 0 Å². The van der Waals surface area contributed by atoms with E-state index < -0.39 is 0 Å². The summed E-state index contributed by atoms with van der Waals surface area (Å²) in [7, 11) is 0. The van der Waals surface area contributed by atoms with Crippen molar-refractivity contribution in [1.29, 1.82) is 0 Å². The van der Waals surface area contributed by atoms with Crippen LogP contribution in [0.15, 0.2) is 59.1 Å². The second-order valence-electron chi connectivity index (χ2n) is 5.27. The van der Waals surface area contributed by atoms with Crippen molar-refractivity contribution in [3.8, 4) is 0 Å². The Balaban J connectivity index is 1.44. The van der Waals surface area contributed by atoms with Gasteiger partial charge in [0.05, 0.1) is 0 Å². The van der Waals surface area contributed by atoms with Crippen LogP contribution < -0.4 is 5.32 Å². The lowest BCUT2D eigenvalue weighted by atomic mass is 10.1. The zero-order valence-electron chi connectivity index (χ0n) is 10.9. The SMILES string of the molecule is Brc1ccc(CNC[C@H]2C[C@@H]2c2ccccc2)cc1. The highest BCUT2D eigenvalue weighted by atomic mass is 79.9. The van der Waals surface area contributed by atoms with E-state index in [2.05, 4.69) is 75.8 Å². The topological polar surface area (TPSA) is 12.0 Å². The van der Waals surface area contributed by atoms with Gasteiger partial charge in [-0.15, -0.1) is 0 Å². The van der Waals surface area contributed by atoms with Gasteiger partial charge in [0.1, 0.15) is 0 Å². The molecule has 0 bridgehead atoms. The minimum Gasteiger partial charge on any atom is -0.312 e. The van der Waals surface area contributed by atoms with E-state index in [-0.39, 0.29) is 0 Å². The summed E-state index contributed by atoms with van der Waals surface area (Å²) in [6.45, 7) is 2.08. The molecule has 19 heavy (non-hydrogen) atoms. The summed E-state index contributed by atoms with van der Waals surface area (Å²) in [4.78, 5) is 0. The van der Waals surface area contributed by atoms with Crippen LogP contribution in [0.5, 0.6) is 0 Å². The molecule has 0 aliphatic heterocycles. The molecule has 1 nitrogen and oxygen atoms in total. The summed E-state index contributed by atoms with van der Waals surface area (Å²) < 4.78 is 1.14. The van der Waals surface area contributed by atoms with Gasteiger partial charge in [-0.2, -0.15) is 0 Å². The number of hydrogen-bond acceptors (Lipinski definition) is 1. The third kappa shape index (κ3) is 3.46. The highest BCUT2D eigenvalue weighted by Gasteiger charge is 2.37. The fourth-order valence-corrected chi connectivity index (χ4v) is 2.85. The molecule has 2 aromatic carbocycles. The lowest BCUT2D eigenvalue weighted by Crippen LogP contribution is -2.16. The van der Waals surface area contributed by atoms with Crippen LogP contribution in [-0.2, 0) is 6.54 Å². The van der Waals surface area contributed by atoms with Gasteiger partial charge >= 0.3 is 0 Å². The van der Waals surface area contributed by atoms with Crippen molar-refractivity contribution in [3.05, 3.63) is 70.2 Å². The highest BCUT2D eigenvalue weighted by molar-refractivity contribution is 9.10. The second kappa shape index (κ2) is 5.89. The van der Waals surface area contributed by atoms with Crippen LogP contribution in [0.4, 0.5) is 0 Å². The molecular weight excluding hydrogens is 298 g/mol. The second-order valence-corrected chi connectivity index (χ2v) is 6.19. The Morgan fingerprint density at radius 1 is 1.00 bits per heavy atom. The Morgan fingerprint density at radius 2 is 1.74 bits per heavy atom. The number of rotatable bonds is 5. The molecule has 1 saturated carbocycles. The van der Waals surface area contributed by atoms with E-state index in [0.717, 1.165) is 29.4 Å². The molecule has 1 aliphatic rings. The largest absolute Gasteiger partial charge is 0.312 e. The predicted octanol–water partition coefficient (Wildman–Crippen LogP) is 4.34. The van der Waals surface area contributed by atoms with Gasteiger partial charge in [0, 0.05) is 11.0 Å². The first kappa shape index (κ1) is 12.9. The Morgan fingerprint density at radius 3 is 2.47 bits per heavy atom. The van der Waals surface area contributed by atoms with Gasteiger partial charge in [0.15, 0.2) is 0 Å². The molecule has 1 aliphatic carbocycles. The molecule has 0 amide bonds. The fourth-order valence-electron chi connectivity index (χ4n) is 2.59. The molecule has 0 radical (unpaired) electrons. The molecule has 2 aromatic rings. The molecular formula is C17H18BrN. The van der Waals surface area contributed by atoms with Crippen molar-refractivity contribution >= 4 is 15.9 Å². The van der Waals surface area contributed by atoms with Crippen molar-refractivity contribution in [3.63, 3.8) is 0 Å². The van der Waals surface area contributed by atoms with Crippen LogP contribution in [-0.4, -0.2) is 6.54 Å². The first-order valence-corrected chi connectivity index (χ1v) is 7.62. The summed E-state index contributed by atoms with van der Waals surface area (Å²) in [5.74, 6) is 1.59. The van der Waals surface area contributed by atoms with E-state index in [4.69, 9.17) is 0 Å². The molecule has 2 atom stereocenters. The average Bonchev–Trinajstić information content (AvgIpc) is 3.22. The van der Waals surface area contributed by atoms with Crippen LogP contribution in [0.2, 0.25) is 0 Å². The maximum atomic E-state index is 3.57. The summed E-state index contributed by atoms with van der Waals surface area (Å²) >= 11 is 3.46. The first-order valence-electron chi connectivity index (χ1n) is 6.83. The number of benzene rings is 2. The van der Waals surface area contributed by atoms with E-state index >= 15 is 0 Å². The van der Waals surface area contributed by atoms with E-state index in [1.165, 1.54) is 17.5 Å². The number of hydrogen-bond donors (Lipinski definition) is 1. The van der Waals surface area contributed by atoms with Crippen molar-refractivity contribution in [2.75, 3.05) is 6.54 Å². The molecule has 3 rings (SSSR count). The molecule has 0 heterocycles. The van der Waals surface area contributed by atoms with Gasteiger partial charge in [0.25, 0.3) is 0 Å². The van der Waals surface area contributed by atoms with Gasteiger partial charge in [0.2, 0.25) is 0 Å². The Hall–Kier alpha value is -1.12. The van der Waals surface area contributed by atoms with Gasteiger partial charge in [-0.05, 0) is 48.1 Å². The van der Waals surface area contributed by atoms with Crippen LogP contribution in [0, 0.1) is 5.92 Å². The summed E-state index contributed by atoms with van der Waals surface area (Å²) in [6.07, 6.45) is 1.33.